The molecule has 0 amide bonds. The lowest BCUT2D eigenvalue weighted by Gasteiger charge is -2.22. The minimum absolute atomic E-state index is 0.579. The van der Waals surface area contributed by atoms with E-state index in [0.29, 0.717) is 12.3 Å². The average molecular weight is 183 g/mol. The number of hydrogen-bond donors (Lipinski definition) is 2. The Morgan fingerprint density at radius 3 is 2.77 bits per heavy atom. The van der Waals surface area contributed by atoms with Crippen molar-refractivity contribution in [1.82, 2.24) is 0 Å². The van der Waals surface area contributed by atoms with Crippen molar-refractivity contribution in [1.29, 1.82) is 0 Å². The highest BCUT2D eigenvalue weighted by molar-refractivity contribution is 5.73. The molecule has 2 fully saturated rings. The molecule has 0 aromatic carbocycles. The zero-order valence-electron chi connectivity index (χ0n) is 7.78. The van der Waals surface area contributed by atoms with Crippen LogP contribution in [-0.2, 0) is 4.79 Å². The van der Waals surface area contributed by atoms with E-state index in [4.69, 9.17) is 10.8 Å². The minimum atomic E-state index is -0.849. The van der Waals surface area contributed by atoms with Crippen molar-refractivity contribution >= 4 is 5.97 Å². The Labute approximate surface area is 78.3 Å². The number of hydrogen-bond acceptors (Lipinski definition) is 2. The van der Waals surface area contributed by atoms with Gasteiger partial charge in [0.1, 0.15) is 6.04 Å². The fraction of sp³-hybridized carbons (Fsp3) is 0.900. The number of nitrogens with two attached hydrogens (primary N) is 1. The molecule has 13 heavy (non-hydrogen) atoms. The Morgan fingerprint density at radius 2 is 2.15 bits per heavy atom. The first-order valence-corrected chi connectivity index (χ1v) is 5.15. The average Bonchev–Trinajstić information content (AvgIpc) is 2.81. The van der Waals surface area contributed by atoms with Gasteiger partial charge in [-0.3, -0.25) is 4.79 Å². The smallest absolute Gasteiger partial charge is 0.320 e. The number of fused-ring (bicyclic) bond motifs is 1. The van der Waals surface area contributed by atoms with Gasteiger partial charge in [0.15, 0.2) is 0 Å². The number of aliphatic carboxylic acids is 1. The molecule has 4 atom stereocenters. The molecule has 0 bridgehead atoms. The topological polar surface area (TPSA) is 63.3 Å². The number of carboxylic acid groups (broad SMARTS) is 1. The lowest BCUT2D eigenvalue weighted by Crippen LogP contribution is -2.33. The largest absolute Gasteiger partial charge is 0.480 e. The van der Waals surface area contributed by atoms with Crippen LogP contribution in [0.3, 0.4) is 0 Å². The third-order valence-corrected chi connectivity index (χ3v) is 3.56. The first-order chi connectivity index (χ1) is 6.16. The number of carbonyl (C=O) groups is 1. The van der Waals surface area contributed by atoms with Crippen LogP contribution in [0.4, 0.5) is 0 Å². The highest BCUT2D eigenvalue weighted by Crippen LogP contribution is 2.52. The summed E-state index contributed by atoms with van der Waals surface area (Å²) in [5, 5.41) is 8.66. The van der Waals surface area contributed by atoms with Gasteiger partial charge in [0.05, 0.1) is 0 Å². The van der Waals surface area contributed by atoms with Crippen LogP contribution in [0.25, 0.3) is 0 Å². The van der Waals surface area contributed by atoms with Crippen molar-refractivity contribution in [2.45, 2.75) is 38.1 Å². The Kier molecular flexibility index (Phi) is 2.28. The summed E-state index contributed by atoms with van der Waals surface area (Å²) in [5.74, 6) is 1.63. The summed E-state index contributed by atoms with van der Waals surface area (Å²) in [7, 11) is 0. The molecule has 0 aliphatic heterocycles. The highest BCUT2D eigenvalue weighted by atomic mass is 16.4. The molecule has 0 saturated heterocycles. The maximum Gasteiger partial charge on any atom is 0.320 e. The Morgan fingerprint density at radius 1 is 1.38 bits per heavy atom. The van der Waals surface area contributed by atoms with Crippen molar-refractivity contribution in [3.63, 3.8) is 0 Å². The van der Waals surface area contributed by atoms with E-state index in [1.54, 1.807) is 0 Å². The predicted octanol–water partition coefficient (Wildman–Crippen LogP) is 1.22. The molecule has 2 unspecified atom stereocenters. The van der Waals surface area contributed by atoms with Crippen LogP contribution in [0.15, 0.2) is 0 Å². The molecule has 0 heterocycles. The first kappa shape index (κ1) is 9.00. The zero-order valence-corrected chi connectivity index (χ0v) is 7.78. The van der Waals surface area contributed by atoms with Crippen molar-refractivity contribution in [3.05, 3.63) is 0 Å². The molecule has 0 radical (unpaired) electrons. The highest BCUT2D eigenvalue weighted by Gasteiger charge is 2.42. The maximum atomic E-state index is 10.5. The molecule has 2 aliphatic rings. The number of rotatable bonds is 3. The van der Waals surface area contributed by atoms with Gasteiger partial charge in [0.2, 0.25) is 0 Å². The third kappa shape index (κ3) is 2.02. The van der Waals surface area contributed by atoms with Crippen LogP contribution in [0.5, 0.6) is 0 Å². The van der Waals surface area contributed by atoms with Crippen molar-refractivity contribution in [3.8, 4) is 0 Å². The van der Waals surface area contributed by atoms with E-state index in [1.165, 1.54) is 25.7 Å². The molecule has 3 heteroatoms. The van der Waals surface area contributed by atoms with Gasteiger partial charge >= 0.3 is 5.97 Å². The van der Waals surface area contributed by atoms with Gasteiger partial charge < -0.3 is 10.8 Å². The van der Waals surface area contributed by atoms with Gasteiger partial charge in [0, 0.05) is 0 Å². The molecular formula is C10H17NO2. The van der Waals surface area contributed by atoms with E-state index in [9.17, 15) is 4.79 Å². The predicted molar refractivity (Wildman–Crippen MR) is 49.2 cm³/mol. The van der Waals surface area contributed by atoms with Gasteiger partial charge in [0.25, 0.3) is 0 Å². The normalized spacial score (nSPS) is 39.3. The van der Waals surface area contributed by atoms with E-state index < -0.39 is 12.0 Å². The molecule has 3 N–H and O–H groups in total. The molecule has 3 nitrogen and oxygen atoms in total. The Bertz CT molecular complexity index is 217. The van der Waals surface area contributed by atoms with E-state index >= 15 is 0 Å². The Hall–Kier alpha value is -0.570. The van der Waals surface area contributed by atoms with Crippen LogP contribution < -0.4 is 5.73 Å². The third-order valence-electron chi connectivity index (χ3n) is 3.56. The molecular weight excluding hydrogens is 166 g/mol. The summed E-state index contributed by atoms with van der Waals surface area (Å²) in [6.45, 7) is 0. The molecule has 0 spiro atoms. The fourth-order valence-electron chi connectivity index (χ4n) is 2.62. The summed E-state index contributed by atoms with van der Waals surface area (Å²) in [6, 6.07) is -0.639. The second kappa shape index (κ2) is 3.29. The molecule has 0 aromatic rings. The molecule has 2 rings (SSSR count). The van der Waals surface area contributed by atoms with E-state index in [0.717, 1.165) is 11.8 Å². The SMILES string of the molecule is N[C@@H](C[C@H]1CCC2CC2C1)C(=O)O. The van der Waals surface area contributed by atoms with E-state index in [1.807, 2.05) is 0 Å². The zero-order chi connectivity index (χ0) is 9.42. The van der Waals surface area contributed by atoms with Gasteiger partial charge in [-0.2, -0.15) is 0 Å². The number of carboxylic acids is 1. The quantitative estimate of drug-likeness (QED) is 0.691. The molecule has 2 saturated carbocycles. The summed E-state index contributed by atoms with van der Waals surface area (Å²) >= 11 is 0. The summed E-state index contributed by atoms with van der Waals surface area (Å²) < 4.78 is 0. The monoisotopic (exact) mass is 183 g/mol. The summed E-state index contributed by atoms with van der Waals surface area (Å²) in [4.78, 5) is 10.5. The lowest BCUT2D eigenvalue weighted by atomic mass is 9.85. The van der Waals surface area contributed by atoms with E-state index in [2.05, 4.69) is 0 Å². The lowest BCUT2D eigenvalue weighted by molar-refractivity contribution is -0.139. The van der Waals surface area contributed by atoms with E-state index in [-0.39, 0.29) is 0 Å². The minimum Gasteiger partial charge on any atom is -0.480 e. The molecule has 0 aromatic heterocycles. The van der Waals surface area contributed by atoms with Gasteiger partial charge in [-0.05, 0) is 43.4 Å². The second-order valence-electron chi connectivity index (χ2n) is 4.62. The molecule has 2 aliphatic carbocycles. The van der Waals surface area contributed by atoms with Gasteiger partial charge in [-0.25, -0.2) is 0 Å². The second-order valence-corrected chi connectivity index (χ2v) is 4.62. The van der Waals surface area contributed by atoms with Crippen LogP contribution in [0.2, 0.25) is 0 Å². The van der Waals surface area contributed by atoms with Crippen molar-refractivity contribution in [2.24, 2.45) is 23.5 Å². The Balaban J connectivity index is 1.77. The van der Waals surface area contributed by atoms with Gasteiger partial charge in [-0.1, -0.05) is 6.42 Å². The van der Waals surface area contributed by atoms with Crippen LogP contribution in [0.1, 0.15) is 32.1 Å². The first-order valence-electron chi connectivity index (χ1n) is 5.15. The standard InChI is InChI=1S/C10H17NO2/c11-9(10(12)13)4-6-1-2-7-5-8(7)3-6/h6-9H,1-5,11H2,(H,12,13)/t6-,7?,8?,9-/m0/s1. The van der Waals surface area contributed by atoms with Crippen LogP contribution in [-0.4, -0.2) is 17.1 Å². The van der Waals surface area contributed by atoms with Gasteiger partial charge in [-0.15, -0.1) is 0 Å². The fourth-order valence-corrected chi connectivity index (χ4v) is 2.62. The van der Waals surface area contributed by atoms with Crippen molar-refractivity contribution < 1.29 is 9.90 Å². The maximum absolute atomic E-state index is 10.5. The van der Waals surface area contributed by atoms with Crippen LogP contribution >= 0.6 is 0 Å². The molecule has 74 valence electrons. The summed E-state index contributed by atoms with van der Waals surface area (Å²) in [5.41, 5.74) is 5.51. The van der Waals surface area contributed by atoms with Crippen molar-refractivity contribution in [2.75, 3.05) is 0 Å². The van der Waals surface area contributed by atoms with Crippen LogP contribution in [0, 0.1) is 17.8 Å². The summed E-state index contributed by atoms with van der Waals surface area (Å²) in [6.07, 6.45) is 5.80.